The summed E-state index contributed by atoms with van der Waals surface area (Å²) in [7, 11) is 0. The molecule has 4 N–H and O–H groups in total. The summed E-state index contributed by atoms with van der Waals surface area (Å²) in [6, 6.07) is 0. The molecule has 4 atom stereocenters. The van der Waals surface area contributed by atoms with E-state index >= 15 is 0 Å². The molecule has 6 heteroatoms. The van der Waals surface area contributed by atoms with E-state index in [2.05, 4.69) is 20.8 Å². The minimum atomic E-state index is -1.56. The zero-order chi connectivity index (χ0) is 20.1. The van der Waals surface area contributed by atoms with E-state index in [0.29, 0.717) is 5.92 Å². The molecule has 154 valence electrons. The Kier molecular flexibility index (Phi) is 13.6. The van der Waals surface area contributed by atoms with E-state index in [4.69, 9.17) is 9.84 Å². The van der Waals surface area contributed by atoms with Gasteiger partial charge in [-0.05, 0) is 31.6 Å². The molecular formula is C20H38O6. The highest BCUT2D eigenvalue weighted by molar-refractivity contribution is 5.82. The molecule has 0 amide bonds. The molecule has 0 saturated heterocycles. The number of hydrogen-bond acceptors (Lipinski definition) is 6. The summed E-state index contributed by atoms with van der Waals surface area (Å²) in [4.78, 5) is 11.7. The maximum absolute atomic E-state index is 11.7. The Morgan fingerprint density at radius 3 is 2.19 bits per heavy atom. The highest BCUT2D eigenvalue weighted by Crippen LogP contribution is 2.19. The van der Waals surface area contributed by atoms with E-state index in [1.54, 1.807) is 0 Å². The molecule has 0 bridgehead atoms. The molecule has 0 aromatic heterocycles. The van der Waals surface area contributed by atoms with Gasteiger partial charge in [-0.15, -0.1) is 0 Å². The lowest BCUT2D eigenvalue weighted by molar-refractivity contribution is -0.146. The van der Waals surface area contributed by atoms with E-state index in [0.717, 1.165) is 30.8 Å². The summed E-state index contributed by atoms with van der Waals surface area (Å²) in [5.74, 6) is 0.852. The Bertz CT molecular complexity index is 407. The van der Waals surface area contributed by atoms with Gasteiger partial charge in [-0.3, -0.25) is 0 Å². The molecule has 26 heavy (non-hydrogen) atoms. The molecule has 0 spiro atoms. The molecule has 6 nitrogen and oxygen atoms in total. The van der Waals surface area contributed by atoms with E-state index in [9.17, 15) is 20.1 Å². The molecule has 0 aromatic rings. The van der Waals surface area contributed by atoms with Crippen molar-refractivity contribution in [3.8, 4) is 0 Å². The highest BCUT2D eigenvalue weighted by Gasteiger charge is 2.25. The van der Waals surface area contributed by atoms with Crippen molar-refractivity contribution in [2.45, 2.75) is 84.5 Å². The van der Waals surface area contributed by atoms with Crippen LogP contribution in [0.1, 0.15) is 66.2 Å². The fourth-order valence-electron chi connectivity index (χ4n) is 2.69. The van der Waals surface area contributed by atoms with Crippen LogP contribution in [-0.2, 0) is 9.53 Å². The zero-order valence-corrected chi connectivity index (χ0v) is 16.7. The number of carbonyl (C=O) groups is 1. The van der Waals surface area contributed by atoms with Crippen LogP contribution in [0.4, 0.5) is 0 Å². The SMILES string of the molecule is CC(=CC(=O)OC[C@H](O)[C@@H](O)[C@H](O)CO)CCCC(C)CCCC(C)C. The van der Waals surface area contributed by atoms with Crippen LogP contribution >= 0.6 is 0 Å². The fraction of sp³-hybridized carbons (Fsp3) is 0.850. The second-order valence-electron chi connectivity index (χ2n) is 7.75. The number of allylic oxidation sites excluding steroid dienone is 1. The van der Waals surface area contributed by atoms with Crippen LogP contribution in [-0.4, -0.2) is 57.9 Å². The third kappa shape index (κ3) is 12.4. The van der Waals surface area contributed by atoms with E-state index in [1.165, 1.54) is 25.3 Å². The van der Waals surface area contributed by atoms with Crippen LogP contribution in [0.3, 0.4) is 0 Å². The number of aliphatic hydroxyl groups excluding tert-OH is 4. The van der Waals surface area contributed by atoms with Gasteiger partial charge in [-0.1, -0.05) is 52.0 Å². The first kappa shape index (κ1) is 25.1. The van der Waals surface area contributed by atoms with Crippen LogP contribution in [0, 0.1) is 11.8 Å². The van der Waals surface area contributed by atoms with Gasteiger partial charge in [0.1, 0.15) is 24.9 Å². The minimum absolute atomic E-state index is 0.437. The van der Waals surface area contributed by atoms with Crippen molar-refractivity contribution >= 4 is 5.97 Å². The molecule has 0 rings (SSSR count). The first-order valence-electron chi connectivity index (χ1n) is 9.66. The third-order valence-corrected chi connectivity index (χ3v) is 4.48. The predicted molar refractivity (Wildman–Crippen MR) is 102 cm³/mol. The second kappa shape index (κ2) is 14.2. The van der Waals surface area contributed by atoms with Gasteiger partial charge in [0.05, 0.1) is 6.61 Å². The highest BCUT2D eigenvalue weighted by atomic mass is 16.5. The monoisotopic (exact) mass is 374 g/mol. The topological polar surface area (TPSA) is 107 Å². The number of rotatable bonds is 14. The maximum atomic E-state index is 11.7. The summed E-state index contributed by atoms with van der Waals surface area (Å²) in [6.07, 6.45) is 3.65. The molecule has 0 aliphatic heterocycles. The molecule has 0 saturated carbocycles. The summed E-state index contributed by atoms with van der Waals surface area (Å²) in [5, 5.41) is 37.0. The number of esters is 1. The van der Waals surface area contributed by atoms with Gasteiger partial charge in [-0.2, -0.15) is 0 Å². The minimum Gasteiger partial charge on any atom is -0.460 e. The van der Waals surface area contributed by atoms with Crippen molar-refractivity contribution in [1.82, 2.24) is 0 Å². The lowest BCUT2D eigenvalue weighted by atomic mass is 9.94. The van der Waals surface area contributed by atoms with Crippen molar-refractivity contribution in [2.24, 2.45) is 11.8 Å². The zero-order valence-electron chi connectivity index (χ0n) is 16.7. The van der Waals surface area contributed by atoms with Crippen LogP contribution in [0.15, 0.2) is 11.6 Å². The van der Waals surface area contributed by atoms with Crippen LogP contribution in [0.25, 0.3) is 0 Å². The fourth-order valence-corrected chi connectivity index (χ4v) is 2.69. The van der Waals surface area contributed by atoms with Gasteiger partial charge < -0.3 is 25.2 Å². The average Bonchev–Trinajstić information content (AvgIpc) is 2.57. The summed E-state index contributed by atoms with van der Waals surface area (Å²) >= 11 is 0. The molecule has 0 radical (unpaired) electrons. The van der Waals surface area contributed by atoms with E-state index < -0.39 is 37.5 Å². The number of ether oxygens (including phenoxy) is 1. The van der Waals surface area contributed by atoms with Crippen molar-refractivity contribution in [2.75, 3.05) is 13.2 Å². The molecule has 0 fully saturated rings. The normalized spacial score (nSPS) is 17.0. The Balaban J connectivity index is 4.02. The van der Waals surface area contributed by atoms with Gasteiger partial charge in [0.2, 0.25) is 0 Å². The third-order valence-electron chi connectivity index (χ3n) is 4.48. The standard InChI is InChI=1S/C20H38O6/c1-14(2)7-5-8-15(3)9-6-10-16(4)11-19(24)26-13-18(23)20(25)17(22)12-21/h11,14-15,17-18,20-23,25H,5-10,12-13H2,1-4H3/t15?,17-,18+,20+/m1/s1. The second-order valence-corrected chi connectivity index (χ2v) is 7.75. The number of aliphatic hydroxyl groups is 4. The average molecular weight is 375 g/mol. The van der Waals surface area contributed by atoms with Crippen molar-refractivity contribution in [3.63, 3.8) is 0 Å². The summed E-state index contributed by atoms with van der Waals surface area (Å²) < 4.78 is 4.88. The van der Waals surface area contributed by atoms with Gasteiger partial charge >= 0.3 is 5.97 Å². The Morgan fingerprint density at radius 1 is 1.00 bits per heavy atom. The lowest BCUT2D eigenvalue weighted by Crippen LogP contribution is -2.42. The van der Waals surface area contributed by atoms with Crippen molar-refractivity contribution in [3.05, 3.63) is 11.6 Å². The molecule has 1 unspecified atom stereocenters. The number of carbonyl (C=O) groups excluding carboxylic acids is 1. The lowest BCUT2D eigenvalue weighted by Gasteiger charge is -2.20. The summed E-state index contributed by atoms with van der Waals surface area (Å²) in [6.45, 7) is 7.50. The first-order chi connectivity index (χ1) is 12.2. The predicted octanol–water partition coefficient (Wildman–Crippen LogP) is 2.18. The van der Waals surface area contributed by atoms with Crippen LogP contribution < -0.4 is 0 Å². The largest absolute Gasteiger partial charge is 0.460 e. The Morgan fingerprint density at radius 2 is 1.62 bits per heavy atom. The van der Waals surface area contributed by atoms with Gasteiger partial charge in [0.25, 0.3) is 0 Å². The van der Waals surface area contributed by atoms with Gasteiger partial charge in [0, 0.05) is 6.08 Å². The Hall–Kier alpha value is -0.950. The molecule has 0 aromatic carbocycles. The van der Waals surface area contributed by atoms with E-state index in [-0.39, 0.29) is 0 Å². The van der Waals surface area contributed by atoms with Crippen LogP contribution in [0.5, 0.6) is 0 Å². The summed E-state index contributed by atoms with van der Waals surface area (Å²) in [5.41, 5.74) is 0.912. The van der Waals surface area contributed by atoms with Gasteiger partial charge in [0.15, 0.2) is 0 Å². The molecule has 0 aliphatic rings. The smallest absolute Gasteiger partial charge is 0.330 e. The van der Waals surface area contributed by atoms with Gasteiger partial charge in [-0.25, -0.2) is 4.79 Å². The van der Waals surface area contributed by atoms with Crippen LogP contribution in [0.2, 0.25) is 0 Å². The quantitative estimate of drug-likeness (QED) is 0.274. The number of hydrogen-bond donors (Lipinski definition) is 4. The van der Waals surface area contributed by atoms with E-state index in [1.807, 2.05) is 6.92 Å². The van der Waals surface area contributed by atoms with Crippen molar-refractivity contribution < 1.29 is 30.0 Å². The molecule has 0 heterocycles. The Labute approximate surface area is 157 Å². The molecule has 0 aliphatic carbocycles. The molecular weight excluding hydrogens is 336 g/mol. The maximum Gasteiger partial charge on any atom is 0.330 e. The van der Waals surface area contributed by atoms with Crippen molar-refractivity contribution in [1.29, 1.82) is 0 Å². The first-order valence-corrected chi connectivity index (χ1v) is 9.66.